The van der Waals surface area contributed by atoms with Crippen molar-refractivity contribution >= 4 is 15.9 Å². The number of nitrogens with zero attached hydrogens (tertiary/aromatic N) is 1. The van der Waals surface area contributed by atoms with E-state index in [1.807, 2.05) is 25.1 Å². The number of halogens is 2. The summed E-state index contributed by atoms with van der Waals surface area (Å²) >= 11 is 3.39. The molecule has 1 atom stereocenters. The molecule has 2 rings (SSSR count). The summed E-state index contributed by atoms with van der Waals surface area (Å²) in [5.74, 6) is 0.316. The van der Waals surface area contributed by atoms with Crippen LogP contribution in [0.5, 0.6) is 5.75 Å². The van der Waals surface area contributed by atoms with Crippen molar-refractivity contribution in [2.75, 3.05) is 0 Å². The van der Waals surface area contributed by atoms with Gasteiger partial charge in [-0.2, -0.15) is 0 Å². The minimum Gasteiger partial charge on any atom is -0.488 e. The Bertz CT molecular complexity index is 575. The van der Waals surface area contributed by atoms with E-state index in [9.17, 15) is 4.39 Å². The molecule has 2 N–H and O–H groups in total. The lowest BCUT2D eigenvalue weighted by Gasteiger charge is -2.14. The Hall–Kier alpha value is -1.46. The first kappa shape index (κ1) is 14.0. The molecule has 0 bridgehead atoms. The van der Waals surface area contributed by atoms with Gasteiger partial charge in [-0.15, -0.1) is 0 Å². The SMILES string of the molecule is C[C@@H](N)c1ccc(Br)cc1OCc1cncc(F)c1. The Labute approximate surface area is 119 Å². The molecule has 1 aromatic carbocycles. The average molecular weight is 325 g/mol. The normalized spacial score (nSPS) is 12.2. The van der Waals surface area contributed by atoms with Gasteiger partial charge in [0.25, 0.3) is 0 Å². The van der Waals surface area contributed by atoms with Crippen LogP contribution in [0.1, 0.15) is 24.1 Å². The zero-order valence-electron chi connectivity index (χ0n) is 10.4. The van der Waals surface area contributed by atoms with Crippen molar-refractivity contribution in [3.05, 3.63) is 58.1 Å². The fourth-order valence-electron chi connectivity index (χ4n) is 1.71. The van der Waals surface area contributed by atoms with Crippen molar-refractivity contribution in [3.63, 3.8) is 0 Å². The van der Waals surface area contributed by atoms with Crippen molar-refractivity contribution in [3.8, 4) is 5.75 Å². The van der Waals surface area contributed by atoms with Crippen LogP contribution >= 0.6 is 15.9 Å². The molecule has 2 aromatic rings. The highest BCUT2D eigenvalue weighted by Gasteiger charge is 2.09. The van der Waals surface area contributed by atoms with E-state index in [2.05, 4.69) is 20.9 Å². The molecule has 0 spiro atoms. The average Bonchev–Trinajstić information content (AvgIpc) is 2.36. The highest BCUT2D eigenvalue weighted by molar-refractivity contribution is 9.10. The smallest absolute Gasteiger partial charge is 0.141 e. The predicted molar refractivity (Wildman–Crippen MR) is 75.3 cm³/mol. The van der Waals surface area contributed by atoms with Gasteiger partial charge in [0, 0.05) is 27.8 Å². The molecule has 5 heteroatoms. The van der Waals surface area contributed by atoms with E-state index in [0.717, 1.165) is 16.2 Å². The molecule has 3 nitrogen and oxygen atoms in total. The molecule has 0 saturated carbocycles. The van der Waals surface area contributed by atoms with Crippen molar-refractivity contribution < 1.29 is 9.13 Å². The first-order valence-corrected chi connectivity index (χ1v) is 6.63. The van der Waals surface area contributed by atoms with Crippen molar-refractivity contribution in [1.29, 1.82) is 0 Å². The molecule has 0 saturated heterocycles. The topological polar surface area (TPSA) is 48.1 Å². The summed E-state index contributed by atoms with van der Waals surface area (Å²) in [5, 5.41) is 0. The number of aromatic nitrogens is 1. The first-order chi connectivity index (χ1) is 9.06. The molecule has 1 aromatic heterocycles. The number of benzene rings is 1. The summed E-state index contributed by atoms with van der Waals surface area (Å²) in [6.45, 7) is 2.14. The van der Waals surface area contributed by atoms with Gasteiger partial charge in [-0.25, -0.2) is 4.39 Å². The Morgan fingerprint density at radius 3 is 2.84 bits per heavy atom. The number of hydrogen-bond donors (Lipinski definition) is 1. The van der Waals surface area contributed by atoms with Crippen LogP contribution in [0.3, 0.4) is 0 Å². The summed E-state index contributed by atoms with van der Waals surface area (Å²) < 4.78 is 19.6. The van der Waals surface area contributed by atoms with Crippen LogP contribution in [0.2, 0.25) is 0 Å². The molecule has 19 heavy (non-hydrogen) atoms. The van der Waals surface area contributed by atoms with Crippen molar-refractivity contribution in [1.82, 2.24) is 4.98 Å². The second-order valence-corrected chi connectivity index (χ2v) is 5.19. The quantitative estimate of drug-likeness (QED) is 0.935. The van der Waals surface area contributed by atoms with Crippen LogP contribution in [-0.2, 0) is 6.61 Å². The van der Waals surface area contributed by atoms with Crippen LogP contribution in [-0.4, -0.2) is 4.98 Å². The zero-order chi connectivity index (χ0) is 13.8. The van der Waals surface area contributed by atoms with E-state index in [-0.39, 0.29) is 18.5 Å². The lowest BCUT2D eigenvalue weighted by molar-refractivity contribution is 0.300. The van der Waals surface area contributed by atoms with Crippen LogP contribution in [0, 0.1) is 5.82 Å². The van der Waals surface area contributed by atoms with Gasteiger partial charge in [0.1, 0.15) is 18.2 Å². The van der Waals surface area contributed by atoms with E-state index in [4.69, 9.17) is 10.5 Å². The monoisotopic (exact) mass is 324 g/mol. The third kappa shape index (κ3) is 3.75. The van der Waals surface area contributed by atoms with E-state index >= 15 is 0 Å². The van der Waals surface area contributed by atoms with Gasteiger partial charge < -0.3 is 10.5 Å². The summed E-state index contributed by atoms with van der Waals surface area (Å²) in [6, 6.07) is 6.94. The van der Waals surface area contributed by atoms with E-state index in [1.54, 1.807) is 6.20 Å². The van der Waals surface area contributed by atoms with Gasteiger partial charge in [-0.05, 0) is 25.1 Å². The summed E-state index contributed by atoms with van der Waals surface area (Å²) in [6.07, 6.45) is 2.74. The second-order valence-electron chi connectivity index (χ2n) is 4.27. The molecule has 0 radical (unpaired) electrons. The first-order valence-electron chi connectivity index (χ1n) is 5.83. The van der Waals surface area contributed by atoms with E-state index < -0.39 is 0 Å². The minimum atomic E-state index is -0.372. The summed E-state index contributed by atoms with van der Waals surface area (Å²) in [5.41, 5.74) is 7.48. The molecule has 0 aliphatic heterocycles. The Morgan fingerprint density at radius 2 is 2.16 bits per heavy atom. The summed E-state index contributed by atoms with van der Waals surface area (Å²) in [4.78, 5) is 3.78. The van der Waals surface area contributed by atoms with E-state index in [0.29, 0.717) is 11.3 Å². The van der Waals surface area contributed by atoms with Crippen molar-refractivity contribution in [2.45, 2.75) is 19.6 Å². The number of hydrogen-bond acceptors (Lipinski definition) is 3. The molecule has 0 amide bonds. The molecular weight excluding hydrogens is 311 g/mol. The minimum absolute atomic E-state index is 0.131. The molecule has 0 aliphatic rings. The van der Waals surface area contributed by atoms with Crippen LogP contribution in [0.4, 0.5) is 4.39 Å². The van der Waals surface area contributed by atoms with Crippen molar-refractivity contribution in [2.24, 2.45) is 5.73 Å². The van der Waals surface area contributed by atoms with Gasteiger partial charge in [-0.1, -0.05) is 22.0 Å². The molecule has 0 unspecified atom stereocenters. The highest BCUT2D eigenvalue weighted by atomic mass is 79.9. The number of nitrogens with two attached hydrogens (primary N) is 1. The Kier molecular flexibility index (Phi) is 4.50. The lowest BCUT2D eigenvalue weighted by atomic mass is 10.1. The Balaban J connectivity index is 2.17. The van der Waals surface area contributed by atoms with Gasteiger partial charge in [0.15, 0.2) is 0 Å². The van der Waals surface area contributed by atoms with Crippen LogP contribution in [0.25, 0.3) is 0 Å². The van der Waals surface area contributed by atoms with Gasteiger partial charge in [0.05, 0.1) is 6.20 Å². The zero-order valence-corrected chi connectivity index (χ0v) is 12.0. The summed E-state index contributed by atoms with van der Waals surface area (Å²) in [7, 11) is 0. The number of pyridine rings is 1. The third-order valence-corrected chi connectivity index (χ3v) is 3.12. The number of rotatable bonds is 4. The second kappa shape index (κ2) is 6.12. The van der Waals surface area contributed by atoms with Crippen LogP contribution in [0.15, 0.2) is 41.1 Å². The number of ether oxygens (including phenoxy) is 1. The standard InChI is InChI=1S/C14H14BrFN2O/c1-9(17)13-3-2-11(15)5-14(13)19-8-10-4-12(16)7-18-6-10/h2-7,9H,8,17H2,1H3/t9-/m1/s1. The van der Waals surface area contributed by atoms with Gasteiger partial charge in [0.2, 0.25) is 0 Å². The Morgan fingerprint density at radius 1 is 1.37 bits per heavy atom. The largest absolute Gasteiger partial charge is 0.488 e. The molecule has 100 valence electrons. The van der Waals surface area contributed by atoms with E-state index in [1.165, 1.54) is 6.07 Å². The fraction of sp³-hybridized carbons (Fsp3) is 0.214. The molecule has 0 aliphatic carbocycles. The third-order valence-electron chi connectivity index (χ3n) is 2.62. The fourth-order valence-corrected chi connectivity index (χ4v) is 2.05. The molecule has 0 fully saturated rings. The molecule has 1 heterocycles. The lowest BCUT2D eigenvalue weighted by Crippen LogP contribution is -2.08. The molecular formula is C14H14BrFN2O. The maximum atomic E-state index is 13.0. The van der Waals surface area contributed by atoms with Crippen LogP contribution < -0.4 is 10.5 Å². The predicted octanol–water partition coefficient (Wildman–Crippen LogP) is 3.58. The van der Waals surface area contributed by atoms with Gasteiger partial charge in [-0.3, -0.25) is 4.98 Å². The highest BCUT2D eigenvalue weighted by Crippen LogP contribution is 2.28. The maximum absolute atomic E-state index is 13.0. The maximum Gasteiger partial charge on any atom is 0.141 e. The van der Waals surface area contributed by atoms with Gasteiger partial charge >= 0.3 is 0 Å².